The van der Waals surface area contributed by atoms with Crippen molar-refractivity contribution in [3.8, 4) is 5.75 Å². The van der Waals surface area contributed by atoms with Crippen LogP contribution < -0.4 is 4.74 Å². The zero-order valence-corrected chi connectivity index (χ0v) is 34.0. The Labute approximate surface area is 351 Å². The molecule has 6 aromatic rings. The number of ether oxygens (including phenoxy) is 6. The van der Waals surface area contributed by atoms with E-state index in [2.05, 4.69) is 0 Å². The second-order valence-electron chi connectivity index (χ2n) is 15.2. The van der Waals surface area contributed by atoms with Crippen molar-refractivity contribution in [2.45, 2.75) is 82.4 Å². The van der Waals surface area contributed by atoms with Crippen LogP contribution in [0.3, 0.4) is 0 Å². The van der Waals surface area contributed by atoms with E-state index in [1.54, 1.807) is 6.07 Å². The summed E-state index contributed by atoms with van der Waals surface area (Å²) in [5.74, 6) is 0.802. The SMILES string of the molecule is CCOc1ccc(Cc2cc3c(cc2Cl)C(F)C[C@]32O[C@H](COCc3ccccc3)[C@@H](OCc3ccccc3)[C@H](OCc3ccccc3)[C@H]2OCc2ccccc2)cc1. The van der Waals surface area contributed by atoms with Crippen LogP contribution >= 0.6 is 11.6 Å². The van der Waals surface area contributed by atoms with Gasteiger partial charge >= 0.3 is 0 Å². The third-order valence-electron chi connectivity index (χ3n) is 11.2. The second kappa shape index (κ2) is 19.5. The van der Waals surface area contributed by atoms with Gasteiger partial charge < -0.3 is 28.4 Å². The van der Waals surface area contributed by atoms with Crippen LogP contribution in [0.15, 0.2) is 158 Å². The first-order valence-electron chi connectivity index (χ1n) is 20.4. The van der Waals surface area contributed by atoms with Gasteiger partial charge in [0, 0.05) is 11.4 Å². The normalized spacial score (nSPS) is 22.3. The molecular weight excluding hydrogens is 763 g/mol. The van der Waals surface area contributed by atoms with E-state index in [4.69, 9.17) is 40.0 Å². The van der Waals surface area contributed by atoms with Crippen LogP contribution in [0, 0.1) is 0 Å². The Kier molecular flexibility index (Phi) is 13.5. The summed E-state index contributed by atoms with van der Waals surface area (Å²) in [4.78, 5) is 0. The average Bonchev–Trinajstić information content (AvgIpc) is 3.53. The van der Waals surface area contributed by atoms with E-state index >= 15 is 4.39 Å². The van der Waals surface area contributed by atoms with Gasteiger partial charge in [-0.3, -0.25) is 0 Å². The van der Waals surface area contributed by atoms with Crippen molar-refractivity contribution in [1.82, 2.24) is 0 Å². The zero-order chi connectivity index (χ0) is 40.4. The smallest absolute Gasteiger partial charge is 0.129 e. The van der Waals surface area contributed by atoms with E-state index in [9.17, 15) is 0 Å². The van der Waals surface area contributed by atoms with Crippen molar-refractivity contribution in [1.29, 1.82) is 0 Å². The predicted molar refractivity (Wildman–Crippen MR) is 228 cm³/mol. The maximum atomic E-state index is 16.9. The summed E-state index contributed by atoms with van der Waals surface area (Å²) in [5, 5.41) is 0.499. The first kappa shape index (κ1) is 40.9. The third kappa shape index (κ3) is 9.79. The van der Waals surface area contributed by atoms with E-state index < -0.39 is 36.2 Å². The Morgan fingerprint density at radius 3 is 1.71 bits per heavy atom. The highest BCUT2D eigenvalue weighted by atomic mass is 35.5. The molecule has 1 unspecified atom stereocenters. The molecule has 1 saturated heterocycles. The lowest BCUT2D eigenvalue weighted by atomic mass is 9.79. The van der Waals surface area contributed by atoms with Gasteiger partial charge in [-0.2, -0.15) is 0 Å². The van der Waals surface area contributed by atoms with Gasteiger partial charge in [-0.05, 0) is 76.1 Å². The first-order chi connectivity index (χ1) is 29.0. The average molecular weight is 813 g/mol. The highest BCUT2D eigenvalue weighted by Gasteiger charge is 2.61. The number of halogens is 2. The van der Waals surface area contributed by atoms with E-state index in [0.29, 0.717) is 42.4 Å². The van der Waals surface area contributed by atoms with Crippen LogP contribution in [0.2, 0.25) is 5.02 Å². The van der Waals surface area contributed by atoms with Crippen molar-refractivity contribution < 1.29 is 32.8 Å². The van der Waals surface area contributed by atoms with Crippen molar-refractivity contribution in [2.75, 3.05) is 13.2 Å². The molecule has 0 aromatic heterocycles. The molecule has 8 rings (SSSR count). The number of hydrogen-bond acceptors (Lipinski definition) is 6. The Bertz CT molecular complexity index is 2210. The van der Waals surface area contributed by atoms with Crippen molar-refractivity contribution in [2.24, 2.45) is 0 Å². The fourth-order valence-corrected chi connectivity index (χ4v) is 8.55. The van der Waals surface area contributed by atoms with Gasteiger partial charge in [-0.1, -0.05) is 151 Å². The minimum absolute atomic E-state index is 0.0103. The van der Waals surface area contributed by atoms with Crippen LogP contribution in [0.4, 0.5) is 4.39 Å². The molecule has 6 atom stereocenters. The minimum Gasteiger partial charge on any atom is -0.494 e. The van der Waals surface area contributed by atoms with E-state index in [0.717, 1.165) is 39.1 Å². The first-order valence-corrected chi connectivity index (χ1v) is 20.8. The molecule has 8 heteroatoms. The van der Waals surface area contributed by atoms with Crippen molar-refractivity contribution in [3.63, 3.8) is 0 Å². The van der Waals surface area contributed by atoms with Crippen LogP contribution in [-0.2, 0) is 62.1 Å². The van der Waals surface area contributed by atoms with E-state index in [1.807, 2.05) is 159 Å². The molecule has 1 spiro atoms. The molecule has 0 amide bonds. The van der Waals surface area contributed by atoms with Crippen LogP contribution in [0.1, 0.15) is 64.0 Å². The summed E-state index contributed by atoms with van der Waals surface area (Å²) in [6.07, 6.45) is -3.64. The molecule has 59 heavy (non-hydrogen) atoms. The summed E-state index contributed by atoms with van der Waals surface area (Å²) < 4.78 is 57.4. The van der Waals surface area contributed by atoms with Gasteiger partial charge in [0.15, 0.2) is 0 Å². The van der Waals surface area contributed by atoms with Crippen LogP contribution in [0.5, 0.6) is 5.75 Å². The second-order valence-corrected chi connectivity index (χ2v) is 15.6. The molecule has 0 radical (unpaired) electrons. The lowest BCUT2D eigenvalue weighted by molar-refractivity contribution is -0.314. The molecule has 6 aromatic carbocycles. The molecule has 1 aliphatic carbocycles. The van der Waals surface area contributed by atoms with Crippen LogP contribution in [-0.4, -0.2) is 37.6 Å². The van der Waals surface area contributed by atoms with E-state index in [-0.39, 0.29) is 26.2 Å². The Balaban J connectivity index is 1.22. The summed E-state index contributed by atoms with van der Waals surface area (Å²) in [6, 6.07) is 51.9. The molecule has 304 valence electrons. The fourth-order valence-electron chi connectivity index (χ4n) is 8.31. The third-order valence-corrected chi connectivity index (χ3v) is 11.5. The molecule has 1 fully saturated rings. The van der Waals surface area contributed by atoms with Gasteiger partial charge in [-0.15, -0.1) is 0 Å². The van der Waals surface area contributed by atoms with Gasteiger partial charge in [0.25, 0.3) is 0 Å². The molecule has 1 heterocycles. The number of benzene rings is 6. The quantitative estimate of drug-likeness (QED) is 0.0914. The monoisotopic (exact) mass is 812 g/mol. The van der Waals surface area contributed by atoms with Crippen molar-refractivity contribution >= 4 is 11.6 Å². The fraction of sp³-hybridized carbons (Fsp3) is 0.294. The molecule has 0 saturated carbocycles. The lowest BCUT2D eigenvalue weighted by Gasteiger charge is -2.52. The van der Waals surface area contributed by atoms with Crippen LogP contribution in [0.25, 0.3) is 0 Å². The van der Waals surface area contributed by atoms with Gasteiger partial charge in [0.05, 0.1) is 39.6 Å². The van der Waals surface area contributed by atoms with Gasteiger partial charge in [0.1, 0.15) is 41.9 Å². The predicted octanol–water partition coefficient (Wildman–Crippen LogP) is 11.3. The Hall–Kier alpha value is -4.86. The number of hydrogen-bond donors (Lipinski definition) is 0. The number of fused-ring (bicyclic) bond motifs is 2. The molecule has 1 aliphatic heterocycles. The largest absolute Gasteiger partial charge is 0.494 e. The maximum absolute atomic E-state index is 16.9. The molecule has 0 bridgehead atoms. The Morgan fingerprint density at radius 2 is 1.15 bits per heavy atom. The Morgan fingerprint density at radius 1 is 0.627 bits per heavy atom. The molecular formula is C51H50ClFO6. The standard InChI is InChI=1S/C51H50ClFO6/c1-2-55-42-25-23-36(24-26-42)27-41-28-44-43(29-45(41)52)46(53)30-51(44)50(58-34-40-21-13-6-14-22-40)49(57-33-39-19-11-5-12-20-39)48(56-32-38-17-9-4-10-18-38)47(59-51)35-54-31-37-15-7-3-8-16-37/h3-26,28-29,46-50H,2,27,30-35H2,1H3/t46?,47-,48-,49+,50-,51+/m1/s1. The van der Waals surface area contributed by atoms with Gasteiger partial charge in [-0.25, -0.2) is 4.39 Å². The molecule has 0 N–H and O–H groups in total. The van der Waals surface area contributed by atoms with E-state index in [1.165, 1.54) is 0 Å². The highest BCUT2D eigenvalue weighted by Crippen LogP contribution is 2.56. The topological polar surface area (TPSA) is 55.4 Å². The summed E-state index contributed by atoms with van der Waals surface area (Å²) in [7, 11) is 0. The van der Waals surface area contributed by atoms with Gasteiger partial charge in [0.2, 0.25) is 0 Å². The summed E-state index contributed by atoms with van der Waals surface area (Å²) >= 11 is 7.01. The number of alkyl halides is 1. The highest BCUT2D eigenvalue weighted by molar-refractivity contribution is 6.31. The number of rotatable bonds is 17. The summed E-state index contributed by atoms with van der Waals surface area (Å²) in [6.45, 7) is 3.93. The molecule has 2 aliphatic rings. The summed E-state index contributed by atoms with van der Waals surface area (Å²) in [5.41, 5.74) is 5.82. The molecule has 6 nitrogen and oxygen atoms in total. The maximum Gasteiger partial charge on any atom is 0.129 e. The zero-order valence-electron chi connectivity index (χ0n) is 33.3. The lowest BCUT2D eigenvalue weighted by Crippen LogP contribution is -2.65. The minimum atomic E-state index is -1.37. The van der Waals surface area contributed by atoms with Crippen molar-refractivity contribution in [3.05, 3.63) is 207 Å².